The first-order valence-corrected chi connectivity index (χ1v) is 10.1. The first-order valence-electron chi connectivity index (χ1n) is 10.1. The third-order valence-corrected chi connectivity index (χ3v) is 3.79. The highest BCUT2D eigenvalue weighted by molar-refractivity contribution is 5.67. The Morgan fingerprint density at radius 2 is 1.09 bits per heavy atom. The minimum atomic E-state index is -1.62. The molecule has 33 heavy (non-hydrogen) atoms. The van der Waals surface area contributed by atoms with Gasteiger partial charge < -0.3 is 42.6 Å². The number of esters is 2. The summed E-state index contributed by atoms with van der Waals surface area (Å²) in [5, 5.41) is 0. The summed E-state index contributed by atoms with van der Waals surface area (Å²) >= 11 is 0. The largest absolute Gasteiger partial charge is 0.508 e. The number of hydrogen-bond acceptors (Lipinski definition) is 14. The van der Waals surface area contributed by atoms with Gasteiger partial charge in [-0.3, -0.25) is 9.59 Å². The van der Waals surface area contributed by atoms with Crippen LogP contribution >= 0.6 is 0 Å². The van der Waals surface area contributed by atoms with E-state index in [9.17, 15) is 24.0 Å². The van der Waals surface area contributed by atoms with Gasteiger partial charge in [-0.1, -0.05) is 0 Å². The Labute approximate surface area is 189 Å². The lowest BCUT2D eigenvalue weighted by atomic mass is 9.98. The normalized spacial score (nSPS) is 24.0. The molecule has 0 unspecified atom stereocenters. The van der Waals surface area contributed by atoms with Crippen molar-refractivity contribution in [1.29, 1.82) is 0 Å². The van der Waals surface area contributed by atoms with Gasteiger partial charge >= 0.3 is 30.4 Å². The summed E-state index contributed by atoms with van der Waals surface area (Å²) in [7, 11) is 0. The average molecular weight is 480 g/mol. The predicted molar refractivity (Wildman–Crippen MR) is 103 cm³/mol. The topological polar surface area (TPSA) is 168 Å². The molecule has 188 valence electrons. The predicted octanol–water partition coefficient (Wildman–Crippen LogP) is 1.46. The number of carbonyl (C=O) groups is 5. The summed E-state index contributed by atoms with van der Waals surface area (Å²) in [6.07, 6.45) is -11.2. The van der Waals surface area contributed by atoms with Gasteiger partial charge in [0.1, 0.15) is 12.7 Å². The molecule has 1 heterocycles. The van der Waals surface area contributed by atoms with Gasteiger partial charge in [-0.2, -0.15) is 0 Å². The van der Waals surface area contributed by atoms with Crippen LogP contribution in [0.4, 0.5) is 14.4 Å². The van der Waals surface area contributed by atoms with Crippen molar-refractivity contribution in [2.24, 2.45) is 0 Å². The van der Waals surface area contributed by atoms with Gasteiger partial charge in [0.15, 0.2) is 12.2 Å². The van der Waals surface area contributed by atoms with Gasteiger partial charge in [-0.25, -0.2) is 14.4 Å². The number of rotatable bonds is 9. The zero-order valence-electron chi connectivity index (χ0n) is 18.9. The molecule has 1 saturated heterocycles. The molecule has 0 radical (unpaired) electrons. The van der Waals surface area contributed by atoms with Crippen LogP contribution in [0.3, 0.4) is 0 Å². The monoisotopic (exact) mass is 480 g/mol. The summed E-state index contributed by atoms with van der Waals surface area (Å²) in [5.41, 5.74) is 0. The molecule has 0 N–H and O–H groups in total. The molecule has 0 spiro atoms. The van der Waals surface area contributed by atoms with E-state index in [4.69, 9.17) is 37.9 Å². The second-order valence-corrected chi connectivity index (χ2v) is 6.25. The highest BCUT2D eigenvalue weighted by Crippen LogP contribution is 2.30. The SMILES string of the molecule is CCOC(=O)OC[C@@H]1O[C@@H](OC(C)=O)[C@@H](OC(C)=O)[C@@H](OC(=O)OCC)[C@@H]1OC(=O)OCC. The van der Waals surface area contributed by atoms with E-state index < -0.39 is 67.7 Å². The fraction of sp³-hybridized carbons (Fsp3) is 0.737. The molecule has 0 amide bonds. The van der Waals surface area contributed by atoms with Crippen molar-refractivity contribution >= 4 is 30.4 Å². The highest BCUT2D eigenvalue weighted by Gasteiger charge is 2.54. The molecule has 0 aromatic heterocycles. The summed E-state index contributed by atoms with van der Waals surface area (Å²) in [6, 6.07) is 0. The minimum Gasteiger partial charge on any atom is -0.452 e. The van der Waals surface area contributed by atoms with Crippen molar-refractivity contribution < 1.29 is 66.6 Å². The molecule has 0 bridgehead atoms. The summed E-state index contributed by atoms with van der Waals surface area (Å²) in [6.45, 7) is 6.00. The molecule has 0 aromatic carbocycles. The summed E-state index contributed by atoms with van der Waals surface area (Å²) < 4.78 is 45.3. The van der Waals surface area contributed by atoms with Gasteiger partial charge in [0.05, 0.1) is 19.8 Å². The minimum absolute atomic E-state index is 0.0201. The molecule has 0 aromatic rings. The van der Waals surface area contributed by atoms with Crippen molar-refractivity contribution in [3.8, 4) is 0 Å². The van der Waals surface area contributed by atoms with Crippen molar-refractivity contribution in [3.63, 3.8) is 0 Å². The fourth-order valence-electron chi connectivity index (χ4n) is 2.70. The van der Waals surface area contributed by atoms with Crippen molar-refractivity contribution in [2.45, 2.75) is 65.3 Å². The lowest BCUT2D eigenvalue weighted by Crippen LogP contribution is -2.63. The van der Waals surface area contributed by atoms with E-state index in [2.05, 4.69) is 4.74 Å². The molecule has 1 rings (SSSR count). The Morgan fingerprint density at radius 3 is 1.58 bits per heavy atom. The van der Waals surface area contributed by atoms with Gasteiger partial charge in [0, 0.05) is 13.8 Å². The molecule has 1 aliphatic heterocycles. The van der Waals surface area contributed by atoms with Crippen LogP contribution < -0.4 is 0 Å². The van der Waals surface area contributed by atoms with Crippen LogP contribution in [0, 0.1) is 0 Å². The van der Waals surface area contributed by atoms with Crippen LogP contribution in [0.15, 0.2) is 0 Å². The van der Waals surface area contributed by atoms with E-state index >= 15 is 0 Å². The first kappa shape index (κ1) is 27.7. The Bertz CT molecular complexity index is 692. The molecular weight excluding hydrogens is 452 g/mol. The Balaban J connectivity index is 3.35. The van der Waals surface area contributed by atoms with E-state index in [1.54, 1.807) is 6.92 Å². The van der Waals surface area contributed by atoms with Crippen LogP contribution in [-0.4, -0.2) is 87.5 Å². The van der Waals surface area contributed by atoms with Gasteiger partial charge in [-0.15, -0.1) is 0 Å². The lowest BCUT2D eigenvalue weighted by molar-refractivity contribution is -0.297. The third-order valence-electron chi connectivity index (χ3n) is 3.79. The molecule has 0 aliphatic carbocycles. The summed E-state index contributed by atoms with van der Waals surface area (Å²) in [5.74, 6) is -1.68. The van der Waals surface area contributed by atoms with Gasteiger partial charge in [0.25, 0.3) is 0 Å². The zero-order valence-corrected chi connectivity index (χ0v) is 18.9. The van der Waals surface area contributed by atoms with E-state index in [1.807, 2.05) is 0 Å². The Morgan fingerprint density at radius 1 is 0.606 bits per heavy atom. The molecule has 14 nitrogen and oxygen atoms in total. The molecule has 0 saturated carbocycles. The third kappa shape index (κ3) is 9.39. The van der Waals surface area contributed by atoms with E-state index in [-0.39, 0.29) is 19.8 Å². The number of hydrogen-bond donors (Lipinski definition) is 0. The van der Waals surface area contributed by atoms with Crippen LogP contribution in [-0.2, 0) is 52.2 Å². The van der Waals surface area contributed by atoms with Crippen LogP contribution in [0.2, 0.25) is 0 Å². The van der Waals surface area contributed by atoms with E-state index in [0.717, 1.165) is 13.8 Å². The van der Waals surface area contributed by atoms with Crippen molar-refractivity contribution in [2.75, 3.05) is 26.4 Å². The maximum atomic E-state index is 12.1. The van der Waals surface area contributed by atoms with Crippen LogP contribution in [0.1, 0.15) is 34.6 Å². The smallest absolute Gasteiger partial charge is 0.452 e. The molecule has 1 aliphatic rings. The van der Waals surface area contributed by atoms with E-state index in [1.165, 1.54) is 13.8 Å². The average Bonchev–Trinajstić information content (AvgIpc) is 2.71. The molecular formula is C19H28O14. The van der Waals surface area contributed by atoms with Gasteiger partial charge in [-0.05, 0) is 20.8 Å². The highest BCUT2D eigenvalue weighted by atomic mass is 16.8. The maximum absolute atomic E-state index is 12.1. The van der Waals surface area contributed by atoms with Crippen LogP contribution in [0.25, 0.3) is 0 Å². The Kier molecular flexibility index (Phi) is 11.8. The molecule has 1 fully saturated rings. The Hall–Kier alpha value is -3.29. The standard InChI is InChI=1S/C19H28O14/c1-6-25-17(22)28-9-12-13(32-18(23)26-7-2)14(33-19(24)27-8-3)15(29-10(4)20)16(31-12)30-11(5)21/h12-16H,6-9H2,1-5H3/t12-,13+,14-,15-,16+/m0/s1. The first-order chi connectivity index (χ1) is 15.6. The second-order valence-electron chi connectivity index (χ2n) is 6.25. The second kappa shape index (κ2) is 14.0. The van der Waals surface area contributed by atoms with Gasteiger partial charge in [0.2, 0.25) is 12.4 Å². The number of ether oxygens (including phenoxy) is 9. The molecule has 14 heteroatoms. The fourth-order valence-corrected chi connectivity index (χ4v) is 2.70. The lowest BCUT2D eigenvalue weighted by Gasteiger charge is -2.43. The molecule has 5 atom stereocenters. The van der Waals surface area contributed by atoms with Crippen LogP contribution in [0.5, 0.6) is 0 Å². The maximum Gasteiger partial charge on any atom is 0.508 e. The quantitative estimate of drug-likeness (QED) is 0.343. The summed E-state index contributed by atoms with van der Waals surface area (Å²) in [4.78, 5) is 59.0. The van der Waals surface area contributed by atoms with Crippen molar-refractivity contribution in [3.05, 3.63) is 0 Å². The van der Waals surface area contributed by atoms with Crippen molar-refractivity contribution in [1.82, 2.24) is 0 Å². The number of carbonyl (C=O) groups excluding carboxylic acids is 5. The zero-order chi connectivity index (χ0) is 25.0. The van der Waals surface area contributed by atoms with E-state index in [0.29, 0.717) is 0 Å².